The lowest BCUT2D eigenvalue weighted by atomic mass is 10.1. The van der Waals surface area contributed by atoms with Crippen LogP contribution in [0.5, 0.6) is 5.75 Å². The smallest absolute Gasteiger partial charge is 0.119 e. The maximum absolute atomic E-state index is 5.98. The molecule has 0 saturated carbocycles. The second-order valence-corrected chi connectivity index (χ2v) is 6.35. The van der Waals surface area contributed by atoms with Crippen molar-refractivity contribution in [3.63, 3.8) is 0 Å². The van der Waals surface area contributed by atoms with Gasteiger partial charge in [0.25, 0.3) is 0 Å². The molecular weight excluding hydrogens is 306 g/mol. The van der Waals surface area contributed by atoms with Crippen molar-refractivity contribution in [2.45, 2.75) is 26.1 Å². The summed E-state index contributed by atoms with van der Waals surface area (Å²) in [7, 11) is 0. The highest BCUT2D eigenvalue weighted by molar-refractivity contribution is 5.21. The maximum atomic E-state index is 5.98. The molecule has 0 bridgehead atoms. The molecule has 0 saturated heterocycles. The second kappa shape index (κ2) is 9.05. The zero-order valence-electron chi connectivity index (χ0n) is 14.7. The Balaban J connectivity index is 1.68. The van der Waals surface area contributed by atoms with Gasteiger partial charge in [0, 0.05) is 19.1 Å². The quantitative estimate of drug-likeness (QED) is 0.565. The fraction of sp³-hybridized carbons (Fsp3) is 0.217. The Hall–Kier alpha value is -2.58. The third kappa shape index (κ3) is 5.47. The molecule has 3 aromatic rings. The van der Waals surface area contributed by atoms with Crippen LogP contribution in [0.25, 0.3) is 0 Å². The normalized spacial score (nSPS) is 12.1. The topological polar surface area (TPSA) is 12.5 Å². The van der Waals surface area contributed by atoms with E-state index in [0.717, 1.165) is 18.8 Å². The van der Waals surface area contributed by atoms with Crippen LogP contribution in [0.4, 0.5) is 0 Å². The molecule has 0 fully saturated rings. The van der Waals surface area contributed by atoms with E-state index in [2.05, 4.69) is 72.5 Å². The zero-order chi connectivity index (χ0) is 17.3. The number of hydrogen-bond acceptors (Lipinski definition) is 2. The minimum atomic E-state index is 0.306. The molecule has 128 valence electrons. The molecule has 2 nitrogen and oxygen atoms in total. The summed E-state index contributed by atoms with van der Waals surface area (Å²) < 4.78 is 5.98. The fourth-order valence-electron chi connectivity index (χ4n) is 2.84. The summed E-state index contributed by atoms with van der Waals surface area (Å²) in [6.45, 7) is 4.72. The van der Waals surface area contributed by atoms with Crippen LogP contribution in [0.15, 0.2) is 91.0 Å². The van der Waals surface area contributed by atoms with Gasteiger partial charge in [0.15, 0.2) is 0 Å². The number of ether oxygens (including phenoxy) is 1. The number of para-hydroxylation sites is 1. The average molecular weight is 331 g/mol. The van der Waals surface area contributed by atoms with Crippen LogP contribution in [0.2, 0.25) is 0 Å². The van der Waals surface area contributed by atoms with Crippen molar-refractivity contribution < 1.29 is 4.74 Å². The Morgan fingerprint density at radius 1 is 0.680 bits per heavy atom. The van der Waals surface area contributed by atoms with Gasteiger partial charge in [-0.25, -0.2) is 0 Å². The maximum Gasteiger partial charge on any atom is 0.119 e. The van der Waals surface area contributed by atoms with Gasteiger partial charge in [0.1, 0.15) is 12.4 Å². The summed E-state index contributed by atoms with van der Waals surface area (Å²) >= 11 is 0. The highest BCUT2D eigenvalue weighted by Gasteiger charge is 2.15. The lowest BCUT2D eigenvalue weighted by molar-refractivity contribution is 0.132. The van der Waals surface area contributed by atoms with Gasteiger partial charge in [-0.05, 0) is 30.2 Å². The first-order valence-electron chi connectivity index (χ1n) is 8.81. The number of rotatable bonds is 8. The standard InChI is InChI=1S/C23H25NO/c1-20(19-25-23-15-9-4-10-16-23)24(17-21-11-5-2-6-12-21)18-22-13-7-3-8-14-22/h2-16,20H,17-19H2,1H3. The summed E-state index contributed by atoms with van der Waals surface area (Å²) in [5.74, 6) is 0.925. The Kier molecular flexibility index (Phi) is 6.24. The summed E-state index contributed by atoms with van der Waals surface area (Å²) in [5.41, 5.74) is 2.65. The summed E-state index contributed by atoms with van der Waals surface area (Å²) in [6, 6.07) is 31.6. The van der Waals surface area contributed by atoms with Crippen LogP contribution in [-0.4, -0.2) is 17.5 Å². The van der Waals surface area contributed by atoms with Crippen LogP contribution in [-0.2, 0) is 13.1 Å². The molecule has 1 unspecified atom stereocenters. The molecule has 0 radical (unpaired) electrons. The molecule has 0 N–H and O–H groups in total. The molecule has 25 heavy (non-hydrogen) atoms. The third-order valence-corrected chi connectivity index (χ3v) is 4.31. The van der Waals surface area contributed by atoms with E-state index in [9.17, 15) is 0 Å². The van der Waals surface area contributed by atoms with Crippen LogP contribution in [0.3, 0.4) is 0 Å². The van der Waals surface area contributed by atoms with Crippen LogP contribution in [0.1, 0.15) is 18.1 Å². The van der Waals surface area contributed by atoms with E-state index in [-0.39, 0.29) is 0 Å². The molecule has 0 aromatic heterocycles. The highest BCUT2D eigenvalue weighted by Crippen LogP contribution is 2.15. The Morgan fingerprint density at radius 3 is 1.60 bits per heavy atom. The summed E-state index contributed by atoms with van der Waals surface area (Å²) in [6.07, 6.45) is 0. The van der Waals surface area contributed by atoms with E-state index in [1.54, 1.807) is 0 Å². The van der Waals surface area contributed by atoms with E-state index < -0.39 is 0 Å². The van der Waals surface area contributed by atoms with Gasteiger partial charge in [0.05, 0.1) is 0 Å². The first-order valence-corrected chi connectivity index (χ1v) is 8.81. The van der Waals surface area contributed by atoms with E-state index >= 15 is 0 Å². The van der Waals surface area contributed by atoms with E-state index in [4.69, 9.17) is 4.74 Å². The Labute approximate surface area is 150 Å². The molecular formula is C23H25NO. The second-order valence-electron chi connectivity index (χ2n) is 6.35. The van der Waals surface area contributed by atoms with Crippen LogP contribution in [0, 0.1) is 0 Å². The minimum Gasteiger partial charge on any atom is -0.492 e. The molecule has 3 aromatic carbocycles. The fourth-order valence-corrected chi connectivity index (χ4v) is 2.84. The summed E-state index contributed by atoms with van der Waals surface area (Å²) in [5, 5.41) is 0. The lowest BCUT2D eigenvalue weighted by Crippen LogP contribution is -2.36. The number of hydrogen-bond donors (Lipinski definition) is 0. The minimum absolute atomic E-state index is 0.306. The molecule has 2 heteroatoms. The molecule has 0 amide bonds. The van der Waals surface area contributed by atoms with Gasteiger partial charge in [-0.15, -0.1) is 0 Å². The van der Waals surface area contributed by atoms with Crippen LogP contribution >= 0.6 is 0 Å². The van der Waals surface area contributed by atoms with Gasteiger partial charge in [0.2, 0.25) is 0 Å². The number of benzene rings is 3. The predicted molar refractivity (Wildman–Crippen MR) is 104 cm³/mol. The van der Waals surface area contributed by atoms with Crippen molar-refractivity contribution in [1.29, 1.82) is 0 Å². The molecule has 0 aliphatic carbocycles. The highest BCUT2D eigenvalue weighted by atomic mass is 16.5. The van der Waals surface area contributed by atoms with Gasteiger partial charge >= 0.3 is 0 Å². The summed E-state index contributed by atoms with van der Waals surface area (Å²) in [4.78, 5) is 2.47. The largest absolute Gasteiger partial charge is 0.492 e. The molecule has 3 rings (SSSR count). The third-order valence-electron chi connectivity index (χ3n) is 4.31. The van der Waals surface area contributed by atoms with Gasteiger partial charge < -0.3 is 4.74 Å². The van der Waals surface area contributed by atoms with Crippen molar-refractivity contribution in [3.8, 4) is 5.75 Å². The lowest BCUT2D eigenvalue weighted by Gasteiger charge is -2.29. The van der Waals surface area contributed by atoms with Gasteiger partial charge in [-0.1, -0.05) is 78.9 Å². The average Bonchev–Trinajstić information content (AvgIpc) is 2.68. The van der Waals surface area contributed by atoms with Crippen molar-refractivity contribution in [1.82, 2.24) is 4.90 Å². The monoisotopic (exact) mass is 331 g/mol. The Bertz CT molecular complexity index is 686. The van der Waals surface area contributed by atoms with Crippen molar-refractivity contribution >= 4 is 0 Å². The van der Waals surface area contributed by atoms with E-state index in [1.165, 1.54) is 11.1 Å². The van der Waals surface area contributed by atoms with Crippen molar-refractivity contribution in [3.05, 3.63) is 102 Å². The predicted octanol–water partition coefficient (Wildman–Crippen LogP) is 5.16. The van der Waals surface area contributed by atoms with Crippen molar-refractivity contribution in [2.24, 2.45) is 0 Å². The first kappa shape index (κ1) is 17.2. The van der Waals surface area contributed by atoms with Crippen molar-refractivity contribution in [2.75, 3.05) is 6.61 Å². The molecule has 0 spiro atoms. The van der Waals surface area contributed by atoms with Gasteiger partial charge in [-0.2, -0.15) is 0 Å². The van der Waals surface area contributed by atoms with E-state index in [0.29, 0.717) is 12.6 Å². The first-order chi connectivity index (χ1) is 12.3. The van der Waals surface area contributed by atoms with Gasteiger partial charge in [-0.3, -0.25) is 4.90 Å². The molecule has 0 heterocycles. The molecule has 0 aliphatic rings. The molecule has 0 aliphatic heterocycles. The SMILES string of the molecule is CC(COc1ccccc1)N(Cc1ccccc1)Cc1ccccc1. The zero-order valence-corrected chi connectivity index (χ0v) is 14.7. The number of nitrogens with zero attached hydrogens (tertiary/aromatic N) is 1. The van der Waals surface area contributed by atoms with Crippen LogP contribution < -0.4 is 4.74 Å². The van der Waals surface area contributed by atoms with E-state index in [1.807, 2.05) is 30.3 Å². The Morgan fingerprint density at radius 2 is 1.12 bits per heavy atom. The molecule has 1 atom stereocenters.